The van der Waals surface area contributed by atoms with Gasteiger partial charge in [0.15, 0.2) is 5.78 Å². The number of rotatable bonds is 4. The molecule has 0 amide bonds. The van der Waals surface area contributed by atoms with Crippen LogP contribution in [0.4, 0.5) is 4.39 Å². The Labute approximate surface area is 116 Å². The van der Waals surface area contributed by atoms with Crippen LogP contribution >= 0.6 is 15.9 Å². The van der Waals surface area contributed by atoms with Gasteiger partial charge in [-0.2, -0.15) is 0 Å². The summed E-state index contributed by atoms with van der Waals surface area (Å²) in [5.41, 5.74) is 0.384. The number of benzene rings is 1. The molecule has 0 N–H and O–H groups in total. The highest BCUT2D eigenvalue weighted by Gasteiger charge is 2.30. The number of hydrogen-bond acceptors (Lipinski definition) is 2. The van der Waals surface area contributed by atoms with Crippen molar-refractivity contribution in [2.45, 2.75) is 33.3 Å². The predicted octanol–water partition coefficient (Wildman–Crippen LogP) is 3.76. The largest absolute Gasteiger partial charge is 0.373 e. The molecule has 4 heteroatoms. The lowest BCUT2D eigenvalue weighted by Crippen LogP contribution is -2.37. The van der Waals surface area contributed by atoms with Crippen molar-refractivity contribution in [3.8, 4) is 0 Å². The first kappa shape index (κ1) is 15.3. The second-order valence-corrected chi connectivity index (χ2v) is 6.32. The zero-order valence-electron chi connectivity index (χ0n) is 11.1. The first-order valence-electron chi connectivity index (χ1n) is 5.74. The molecule has 0 saturated heterocycles. The molecule has 0 heterocycles. The molecule has 1 rings (SSSR count). The van der Waals surface area contributed by atoms with E-state index in [0.717, 1.165) is 0 Å². The van der Waals surface area contributed by atoms with Crippen molar-refractivity contribution >= 4 is 21.7 Å². The number of halogens is 2. The van der Waals surface area contributed by atoms with Gasteiger partial charge in [-0.1, -0.05) is 36.7 Å². The van der Waals surface area contributed by atoms with E-state index in [1.54, 1.807) is 6.07 Å². The monoisotopic (exact) mass is 316 g/mol. The Bertz CT molecular complexity index is 418. The summed E-state index contributed by atoms with van der Waals surface area (Å²) in [6, 6.07) is 4.49. The molecule has 0 fully saturated rings. The van der Waals surface area contributed by atoms with Crippen molar-refractivity contribution in [2.75, 3.05) is 7.11 Å². The maximum Gasteiger partial charge on any atom is 0.166 e. The molecule has 0 saturated carbocycles. The van der Waals surface area contributed by atoms with Crippen molar-refractivity contribution in [3.63, 3.8) is 0 Å². The summed E-state index contributed by atoms with van der Waals surface area (Å²) in [5, 5.41) is 0. The number of carbonyl (C=O) groups excluding carboxylic acids is 1. The Morgan fingerprint density at radius 3 is 2.44 bits per heavy atom. The number of Topliss-reactive ketones (excluding diaryl/α,β-unsaturated/α-hetero) is 1. The van der Waals surface area contributed by atoms with Gasteiger partial charge in [0, 0.05) is 18.0 Å². The van der Waals surface area contributed by atoms with Crippen LogP contribution in [-0.2, 0) is 16.0 Å². The minimum Gasteiger partial charge on any atom is -0.373 e. The summed E-state index contributed by atoms with van der Waals surface area (Å²) in [7, 11) is 1.52. The molecule has 0 spiro atoms. The van der Waals surface area contributed by atoms with Crippen LogP contribution in [0.3, 0.4) is 0 Å². The standard InChI is InChI=1S/C14H18BrFO2/c1-14(2,3)13(18-4)12(17)7-9-5-10(15)8-11(16)6-9/h5-6,8,13H,7H2,1-4H3. The van der Waals surface area contributed by atoms with Crippen LogP contribution in [-0.4, -0.2) is 19.0 Å². The fourth-order valence-corrected chi connectivity index (χ4v) is 2.49. The molecule has 1 aromatic rings. The van der Waals surface area contributed by atoms with Gasteiger partial charge < -0.3 is 4.74 Å². The molecule has 0 aliphatic carbocycles. The fraction of sp³-hybridized carbons (Fsp3) is 0.500. The zero-order chi connectivity index (χ0) is 13.9. The lowest BCUT2D eigenvalue weighted by molar-refractivity contribution is -0.134. The highest BCUT2D eigenvalue weighted by atomic mass is 79.9. The molecular weight excluding hydrogens is 299 g/mol. The SMILES string of the molecule is COC(C(=O)Cc1cc(F)cc(Br)c1)C(C)(C)C. The van der Waals surface area contributed by atoms with E-state index in [9.17, 15) is 9.18 Å². The first-order chi connectivity index (χ1) is 8.24. The van der Waals surface area contributed by atoms with Crippen LogP contribution in [0, 0.1) is 11.2 Å². The van der Waals surface area contributed by atoms with Crippen LogP contribution in [0.2, 0.25) is 0 Å². The zero-order valence-corrected chi connectivity index (χ0v) is 12.7. The van der Waals surface area contributed by atoms with E-state index >= 15 is 0 Å². The molecule has 1 aromatic carbocycles. The van der Waals surface area contributed by atoms with Crippen molar-refractivity contribution in [3.05, 3.63) is 34.1 Å². The van der Waals surface area contributed by atoms with Gasteiger partial charge in [0.2, 0.25) is 0 Å². The summed E-state index contributed by atoms with van der Waals surface area (Å²) in [5.74, 6) is -0.389. The third-order valence-corrected chi connectivity index (χ3v) is 3.07. The average molecular weight is 317 g/mol. The highest BCUT2D eigenvalue weighted by Crippen LogP contribution is 2.24. The van der Waals surface area contributed by atoms with Gasteiger partial charge in [0.05, 0.1) is 0 Å². The van der Waals surface area contributed by atoms with E-state index < -0.39 is 6.10 Å². The summed E-state index contributed by atoms with van der Waals surface area (Å²) >= 11 is 3.21. The Morgan fingerprint density at radius 1 is 1.39 bits per heavy atom. The lowest BCUT2D eigenvalue weighted by Gasteiger charge is -2.28. The van der Waals surface area contributed by atoms with Gasteiger partial charge >= 0.3 is 0 Å². The van der Waals surface area contributed by atoms with Crippen LogP contribution in [0.5, 0.6) is 0 Å². The summed E-state index contributed by atoms with van der Waals surface area (Å²) < 4.78 is 19.1. The van der Waals surface area contributed by atoms with Crippen LogP contribution in [0.15, 0.2) is 22.7 Å². The first-order valence-corrected chi connectivity index (χ1v) is 6.54. The number of hydrogen-bond donors (Lipinski definition) is 0. The molecule has 0 bridgehead atoms. The minimum atomic E-state index is -0.487. The number of carbonyl (C=O) groups is 1. The quantitative estimate of drug-likeness (QED) is 0.845. The van der Waals surface area contributed by atoms with Crippen molar-refractivity contribution < 1.29 is 13.9 Å². The Morgan fingerprint density at radius 2 is 2.00 bits per heavy atom. The molecule has 0 aromatic heterocycles. The summed E-state index contributed by atoms with van der Waals surface area (Å²) in [6.45, 7) is 5.84. The van der Waals surface area contributed by atoms with E-state index in [0.29, 0.717) is 10.0 Å². The normalized spacial score (nSPS) is 13.4. The van der Waals surface area contributed by atoms with E-state index in [-0.39, 0.29) is 23.4 Å². The second-order valence-electron chi connectivity index (χ2n) is 5.40. The van der Waals surface area contributed by atoms with Gasteiger partial charge in [0.25, 0.3) is 0 Å². The Hall–Kier alpha value is -0.740. The molecule has 1 unspecified atom stereocenters. The fourth-order valence-electron chi connectivity index (χ4n) is 1.97. The lowest BCUT2D eigenvalue weighted by atomic mass is 9.84. The summed E-state index contributed by atoms with van der Waals surface area (Å²) in [4.78, 5) is 12.2. The Balaban J connectivity index is 2.86. The highest BCUT2D eigenvalue weighted by molar-refractivity contribution is 9.10. The number of ketones is 1. The van der Waals surface area contributed by atoms with Crippen LogP contribution in [0.1, 0.15) is 26.3 Å². The van der Waals surface area contributed by atoms with Crippen LogP contribution < -0.4 is 0 Å². The second kappa shape index (κ2) is 5.93. The molecule has 0 aliphatic rings. The molecule has 1 atom stereocenters. The predicted molar refractivity (Wildman–Crippen MR) is 73.1 cm³/mol. The van der Waals surface area contributed by atoms with E-state index in [2.05, 4.69) is 15.9 Å². The van der Waals surface area contributed by atoms with Gasteiger partial charge in [-0.15, -0.1) is 0 Å². The topological polar surface area (TPSA) is 26.3 Å². The molecular formula is C14H18BrFO2. The van der Waals surface area contributed by atoms with Crippen molar-refractivity contribution in [1.82, 2.24) is 0 Å². The van der Waals surface area contributed by atoms with E-state index in [4.69, 9.17) is 4.74 Å². The summed E-state index contributed by atoms with van der Waals surface area (Å²) in [6.07, 6.45) is -0.314. The third-order valence-electron chi connectivity index (χ3n) is 2.62. The van der Waals surface area contributed by atoms with Crippen molar-refractivity contribution in [1.29, 1.82) is 0 Å². The maximum atomic E-state index is 13.2. The van der Waals surface area contributed by atoms with Gasteiger partial charge in [-0.05, 0) is 29.2 Å². The third kappa shape index (κ3) is 4.18. The maximum absolute atomic E-state index is 13.2. The number of ether oxygens (including phenoxy) is 1. The molecule has 18 heavy (non-hydrogen) atoms. The Kier molecular flexibility index (Phi) is 5.05. The van der Waals surface area contributed by atoms with Crippen molar-refractivity contribution in [2.24, 2.45) is 5.41 Å². The van der Waals surface area contributed by atoms with E-state index in [1.807, 2.05) is 20.8 Å². The molecule has 0 aliphatic heterocycles. The average Bonchev–Trinajstić information content (AvgIpc) is 2.13. The van der Waals surface area contributed by atoms with Gasteiger partial charge in [-0.3, -0.25) is 4.79 Å². The van der Waals surface area contributed by atoms with Gasteiger partial charge in [0.1, 0.15) is 11.9 Å². The smallest absolute Gasteiger partial charge is 0.166 e. The van der Waals surface area contributed by atoms with Gasteiger partial charge in [-0.25, -0.2) is 4.39 Å². The van der Waals surface area contributed by atoms with E-state index in [1.165, 1.54) is 19.2 Å². The number of methoxy groups -OCH3 is 1. The molecule has 100 valence electrons. The minimum absolute atomic E-state index is 0.0394. The molecule has 0 radical (unpaired) electrons. The van der Waals surface area contributed by atoms with Crippen LogP contribution in [0.25, 0.3) is 0 Å². The molecule has 2 nitrogen and oxygen atoms in total.